The molecule has 9 heteroatoms. The van der Waals surface area contributed by atoms with Crippen molar-refractivity contribution >= 4 is 11.6 Å². The molecular formula is C17H11F4N5. The zero-order valence-corrected chi connectivity index (χ0v) is 13.1. The predicted molar refractivity (Wildman–Crippen MR) is 85.4 cm³/mol. The van der Waals surface area contributed by atoms with Crippen LogP contribution in [0.5, 0.6) is 0 Å². The molecule has 0 saturated carbocycles. The number of benzene rings is 1. The molecule has 1 atom stereocenters. The highest BCUT2D eigenvalue weighted by Gasteiger charge is 2.39. The molecule has 0 radical (unpaired) electrons. The summed E-state index contributed by atoms with van der Waals surface area (Å²) < 4.78 is 54.4. The molecule has 3 heterocycles. The second-order valence-corrected chi connectivity index (χ2v) is 5.61. The Labute approximate surface area is 145 Å². The monoisotopic (exact) mass is 361 g/mol. The average Bonchev–Trinajstić information content (AvgIpc) is 3.07. The zero-order chi connectivity index (χ0) is 18.3. The molecule has 0 saturated heterocycles. The van der Waals surface area contributed by atoms with Crippen LogP contribution in [-0.2, 0) is 6.18 Å². The Balaban J connectivity index is 1.88. The van der Waals surface area contributed by atoms with Gasteiger partial charge in [0.1, 0.15) is 11.9 Å². The predicted octanol–water partition coefficient (Wildman–Crippen LogP) is 3.89. The summed E-state index contributed by atoms with van der Waals surface area (Å²) in [5, 5.41) is 6.37. The van der Waals surface area contributed by atoms with Crippen LogP contribution in [0.3, 0.4) is 0 Å². The Kier molecular flexibility index (Phi) is 3.71. The van der Waals surface area contributed by atoms with E-state index < -0.39 is 23.9 Å². The Morgan fingerprint density at radius 1 is 1.04 bits per heavy atom. The summed E-state index contributed by atoms with van der Waals surface area (Å²) in [6.07, 6.45) is 0.00504. The maximum Gasteiger partial charge on any atom is 0.453 e. The molecule has 26 heavy (non-hydrogen) atoms. The fourth-order valence-electron chi connectivity index (χ4n) is 2.75. The van der Waals surface area contributed by atoms with Crippen molar-refractivity contribution in [1.82, 2.24) is 19.7 Å². The van der Waals surface area contributed by atoms with E-state index in [9.17, 15) is 17.6 Å². The van der Waals surface area contributed by atoms with E-state index >= 15 is 0 Å². The first-order chi connectivity index (χ1) is 12.4. The van der Waals surface area contributed by atoms with Crippen LogP contribution < -0.4 is 5.32 Å². The van der Waals surface area contributed by atoms with Gasteiger partial charge in [0, 0.05) is 29.2 Å². The summed E-state index contributed by atoms with van der Waals surface area (Å²) in [6.45, 7) is 0. The van der Waals surface area contributed by atoms with Gasteiger partial charge in [0.05, 0.1) is 0 Å². The number of halogens is 4. The Morgan fingerprint density at radius 2 is 1.77 bits per heavy atom. The van der Waals surface area contributed by atoms with Gasteiger partial charge in [-0.15, -0.1) is 5.10 Å². The van der Waals surface area contributed by atoms with Crippen LogP contribution in [-0.4, -0.2) is 19.7 Å². The molecule has 1 aromatic carbocycles. The minimum absolute atomic E-state index is 0.111. The standard InChI is InChI=1S/C17H11F4N5/c18-12-4-2-1-3-11(12)14-9-13(10-5-7-22-8-6-10)23-16-24-15(17(19,20)21)25-26(14)16/h1-9,14H,(H,23,24,25)/t14-/m0/s1. The van der Waals surface area contributed by atoms with E-state index in [0.29, 0.717) is 11.3 Å². The van der Waals surface area contributed by atoms with Crippen molar-refractivity contribution in [2.45, 2.75) is 12.2 Å². The number of anilines is 1. The van der Waals surface area contributed by atoms with Gasteiger partial charge in [-0.3, -0.25) is 4.98 Å². The maximum absolute atomic E-state index is 14.3. The van der Waals surface area contributed by atoms with Crippen molar-refractivity contribution < 1.29 is 17.6 Å². The third-order valence-corrected chi connectivity index (χ3v) is 3.93. The van der Waals surface area contributed by atoms with Crippen molar-refractivity contribution in [3.05, 3.63) is 77.6 Å². The number of hydrogen-bond acceptors (Lipinski definition) is 4. The van der Waals surface area contributed by atoms with Gasteiger partial charge < -0.3 is 5.32 Å². The van der Waals surface area contributed by atoms with Crippen LogP contribution >= 0.6 is 0 Å². The lowest BCUT2D eigenvalue weighted by atomic mass is 10.0. The van der Waals surface area contributed by atoms with Crippen LogP contribution in [0.2, 0.25) is 0 Å². The average molecular weight is 361 g/mol. The number of alkyl halides is 3. The molecule has 3 aromatic rings. The molecule has 1 aliphatic heterocycles. The maximum atomic E-state index is 14.3. The molecule has 0 amide bonds. The molecule has 0 aliphatic carbocycles. The number of allylic oxidation sites excluding steroid dienone is 1. The first-order valence-corrected chi connectivity index (χ1v) is 7.61. The second kappa shape index (κ2) is 5.94. The summed E-state index contributed by atoms with van der Waals surface area (Å²) in [4.78, 5) is 7.46. The number of pyridine rings is 1. The van der Waals surface area contributed by atoms with E-state index in [1.807, 2.05) is 0 Å². The summed E-state index contributed by atoms with van der Waals surface area (Å²) in [6, 6.07) is 8.38. The van der Waals surface area contributed by atoms with Gasteiger partial charge in [0.15, 0.2) is 0 Å². The van der Waals surface area contributed by atoms with Gasteiger partial charge >= 0.3 is 6.18 Å². The molecular weight excluding hydrogens is 350 g/mol. The van der Waals surface area contributed by atoms with Gasteiger partial charge in [0.2, 0.25) is 5.95 Å². The van der Waals surface area contributed by atoms with Gasteiger partial charge in [-0.05, 0) is 24.3 Å². The van der Waals surface area contributed by atoms with Gasteiger partial charge in [-0.25, -0.2) is 9.07 Å². The third-order valence-electron chi connectivity index (χ3n) is 3.93. The summed E-state index contributed by atoms with van der Waals surface area (Å²) in [5.41, 5.74) is 1.37. The van der Waals surface area contributed by atoms with E-state index in [2.05, 4.69) is 20.4 Å². The highest BCUT2D eigenvalue weighted by Crippen LogP contribution is 2.36. The number of nitrogens with one attached hydrogen (secondary N) is 1. The summed E-state index contributed by atoms with van der Waals surface area (Å²) in [5.74, 6) is -1.94. The number of fused-ring (bicyclic) bond motifs is 1. The molecule has 4 rings (SSSR count). The molecule has 2 aromatic heterocycles. The molecule has 132 valence electrons. The van der Waals surface area contributed by atoms with Crippen molar-refractivity contribution in [1.29, 1.82) is 0 Å². The Bertz CT molecular complexity index is 978. The van der Waals surface area contributed by atoms with Crippen LogP contribution in [0, 0.1) is 5.82 Å². The lowest BCUT2D eigenvalue weighted by Gasteiger charge is -2.24. The van der Waals surface area contributed by atoms with E-state index in [4.69, 9.17) is 0 Å². The third kappa shape index (κ3) is 2.81. The summed E-state index contributed by atoms with van der Waals surface area (Å²) >= 11 is 0. The first-order valence-electron chi connectivity index (χ1n) is 7.61. The zero-order valence-electron chi connectivity index (χ0n) is 13.1. The first kappa shape index (κ1) is 16.2. The lowest BCUT2D eigenvalue weighted by molar-refractivity contribution is -0.145. The molecule has 0 fully saturated rings. The highest BCUT2D eigenvalue weighted by atomic mass is 19.4. The fraction of sp³-hybridized carbons (Fsp3) is 0.118. The van der Waals surface area contributed by atoms with Crippen molar-refractivity contribution in [3.63, 3.8) is 0 Å². The SMILES string of the molecule is Fc1ccccc1[C@@H]1C=C(c2ccncc2)Nc2nc(C(F)(F)F)nn21. The minimum Gasteiger partial charge on any atom is -0.324 e. The van der Waals surface area contributed by atoms with Crippen LogP contribution in [0.15, 0.2) is 54.9 Å². The smallest absolute Gasteiger partial charge is 0.324 e. The molecule has 0 unspecified atom stereocenters. The highest BCUT2D eigenvalue weighted by molar-refractivity contribution is 5.76. The van der Waals surface area contributed by atoms with Gasteiger partial charge in [-0.1, -0.05) is 18.2 Å². The molecule has 5 nitrogen and oxygen atoms in total. The van der Waals surface area contributed by atoms with Gasteiger partial charge in [-0.2, -0.15) is 18.2 Å². The van der Waals surface area contributed by atoms with Crippen LogP contribution in [0.25, 0.3) is 5.70 Å². The van der Waals surface area contributed by atoms with Gasteiger partial charge in [0.25, 0.3) is 5.82 Å². The Hall–Kier alpha value is -3.23. The van der Waals surface area contributed by atoms with Crippen molar-refractivity contribution in [3.8, 4) is 0 Å². The van der Waals surface area contributed by atoms with E-state index in [0.717, 1.165) is 4.68 Å². The fourth-order valence-corrected chi connectivity index (χ4v) is 2.75. The van der Waals surface area contributed by atoms with E-state index in [-0.39, 0.29) is 11.5 Å². The van der Waals surface area contributed by atoms with Crippen LogP contribution in [0.1, 0.15) is 23.0 Å². The quantitative estimate of drug-likeness (QED) is 0.704. The summed E-state index contributed by atoms with van der Waals surface area (Å²) in [7, 11) is 0. The minimum atomic E-state index is -4.71. The normalized spacial score (nSPS) is 16.6. The van der Waals surface area contributed by atoms with E-state index in [1.54, 1.807) is 36.7 Å². The van der Waals surface area contributed by atoms with Crippen LogP contribution in [0.4, 0.5) is 23.5 Å². The molecule has 1 aliphatic rings. The number of hydrogen-bond donors (Lipinski definition) is 1. The number of rotatable bonds is 2. The Morgan fingerprint density at radius 3 is 2.46 bits per heavy atom. The van der Waals surface area contributed by atoms with Crippen molar-refractivity contribution in [2.75, 3.05) is 5.32 Å². The molecule has 0 spiro atoms. The number of nitrogens with zero attached hydrogens (tertiary/aromatic N) is 4. The molecule has 1 N–H and O–H groups in total. The number of aromatic nitrogens is 4. The molecule has 0 bridgehead atoms. The largest absolute Gasteiger partial charge is 0.453 e. The lowest BCUT2D eigenvalue weighted by Crippen LogP contribution is -2.21. The topological polar surface area (TPSA) is 55.6 Å². The van der Waals surface area contributed by atoms with E-state index in [1.165, 1.54) is 18.2 Å². The second-order valence-electron chi connectivity index (χ2n) is 5.61. The van der Waals surface area contributed by atoms with Crippen molar-refractivity contribution in [2.24, 2.45) is 0 Å².